The highest BCUT2D eigenvalue weighted by Crippen LogP contribution is 2.48. The number of nitrogens with zero attached hydrogens (tertiary/aromatic N) is 1. The molecule has 2 aliphatic rings. The number of alkyl halides is 3. The third-order valence-corrected chi connectivity index (χ3v) is 3.49. The van der Waals surface area contributed by atoms with Crippen molar-refractivity contribution in [3.63, 3.8) is 0 Å². The minimum Gasteiger partial charge on any atom is -0.478 e. The van der Waals surface area contributed by atoms with Gasteiger partial charge in [-0.1, -0.05) is 0 Å². The molecular weight excluding hydrogens is 275 g/mol. The van der Waals surface area contributed by atoms with E-state index < -0.39 is 29.4 Å². The van der Waals surface area contributed by atoms with Crippen molar-refractivity contribution >= 4 is 11.9 Å². The normalized spacial score (nSPS) is 23.4. The van der Waals surface area contributed by atoms with Crippen LogP contribution in [0.15, 0.2) is 29.3 Å². The second-order valence-electron chi connectivity index (χ2n) is 4.93. The third-order valence-electron chi connectivity index (χ3n) is 3.49. The Balaban J connectivity index is 1.86. The number of halogens is 3. The molecule has 1 N–H and O–H groups in total. The van der Waals surface area contributed by atoms with E-state index in [2.05, 4.69) is 4.99 Å². The van der Waals surface area contributed by atoms with Crippen LogP contribution in [0.4, 0.5) is 13.2 Å². The van der Waals surface area contributed by atoms with Gasteiger partial charge in [0.15, 0.2) is 0 Å². The highest BCUT2D eigenvalue weighted by molar-refractivity contribution is 5.98. The van der Waals surface area contributed by atoms with Crippen LogP contribution in [-0.4, -0.2) is 28.6 Å². The highest BCUT2D eigenvalue weighted by Gasteiger charge is 2.59. The van der Waals surface area contributed by atoms with E-state index in [1.54, 1.807) is 0 Å². The van der Waals surface area contributed by atoms with Gasteiger partial charge in [0, 0.05) is 5.56 Å². The average Bonchev–Trinajstić information content (AvgIpc) is 3.01. The lowest BCUT2D eigenvalue weighted by atomic mass is 10.1. The first-order valence-corrected chi connectivity index (χ1v) is 5.99. The van der Waals surface area contributed by atoms with Crippen molar-refractivity contribution in [1.82, 2.24) is 0 Å². The summed E-state index contributed by atoms with van der Waals surface area (Å²) in [5.41, 5.74) is -1.13. The number of hydrogen-bond donors (Lipinski definition) is 1. The quantitative estimate of drug-likeness (QED) is 0.908. The second kappa shape index (κ2) is 3.97. The number of carbonyl (C=O) groups is 1. The van der Waals surface area contributed by atoms with Gasteiger partial charge < -0.3 is 9.84 Å². The second-order valence-corrected chi connectivity index (χ2v) is 4.93. The van der Waals surface area contributed by atoms with E-state index in [9.17, 15) is 18.0 Å². The first kappa shape index (κ1) is 13.0. The SMILES string of the molecule is O=C(O)C1OC(c2ccc(C(F)(F)F)cc2)=NC12CC2. The van der Waals surface area contributed by atoms with E-state index in [1.807, 2.05) is 0 Å². The fraction of sp³-hybridized carbons (Fsp3) is 0.385. The molecular formula is C13H10F3NO3. The minimum absolute atomic E-state index is 0.101. The Morgan fingerprint density at radius 3 is 2.30 bits per heavy atom. The van der Waals surface area contributed by atoms with Gasteiger partial charge in [0.25, 0.3) is 0 Å². The Morgan fingerprint density at radius 1 is 1.30 bits per heavy atom. The van der Waals surface area contributed by atoms with Gasteiger partial charge in [-0.2, -0.15) is 13.2 Å². The molecule has 3 rings (SSSR count). The highest BCUT2D eigenvalue weighted by atomic mass is 19.4. The standard InChI is InChI=1S/C13H10F3NO3/c14-13(15,16)8-3-1-7(2-4-8)10-17-12(5-6-12)9(20-10)11(18)19/h1-4,9H,5-6H2,(H,18,19). The fourth-order valence-electron chi connectivity index (χ4n) is 2.23. The lowest BCUT2D eigenvalue weighted by Crippen LogP contribution is -2.32. The van der Waals surface area contributed by atoms with Gasteiger partial charge in [-0.3, -0.25) is 0 Å². The van der Waals surface area contributed by atoms with Gasteiger partial charge in [0.2, 0.25) is 12.0 Å². The summed E-state index contributed by atoms with van der Waals surface area (Å²) in [6.45, 7) is 0. The van der Waals surface area contributed by atoms with Crippen molar-refractivity contribution in [2.75, 3.05) is 0 Å². The van der Waals surface area contributed by atoms with Crippen LogP contribution in [0.1, 0.15) is 24.0 Å². The van der Waals surface area contributed by atoms with Crippen molar-refractivity contribution in [2.45, 2.75) is 30.7 Å². The maximum atomic E-state index is 12.5. The van der Waals surface area contributed by atoms with Crippen LogP contribution in [0.2, 0.25) is 0 Å². The Labute approximate surface area is 111 Å². The molecule has 0 aromatic heterocycles. The molecule has 0 amide bonds. The van der Waals surface area contributed by atoms with Crippen LogP contribution in [0.3, 0.4) is 0 Å². The summed E-state index contributed by atoms with van der Waals surface area (Å²) in [5, 5.41) is 9.06. The number of hydrogen-bond acceptors (Lipinski definition) is 3. The van der Waals surface area contributed by atoms with Crippen LogP contribution < -0.4 is 0 Å². The Morgan fingerprint density at radius 2 is 1.90 bits per heavy atom. The van der Waals surface area contributed by atoms with Gasteiger partial charge in [0.1, 0.15) is 5.54 Å². The molecule has 0 saturated heterocycles. The molecule has 1 aromatic rings. The number of aliphatic carboxylic acids is 1. The number of ether oxygens (including phenoxy) is 1. The van der Waals surface area contributed by atoms with E-state index in [0.29, 0.717) is 18.4 Å². The Bertz CT molecular complexity index is 588. The van der Waals surface area contributed by atoms with Crippen LogP contribution >= 0.6 is 0 Å². The summed E-state index contributed by atoms with van der Waals surface area (Å²) >= 11 is 0. The van der Waals surface area contributed by atoms with Crippen LogP contribution in [0, 0.1) is 0 Å². The van der Waals surface area contributed by atoms with Crippen molar-refractivity contribution in [1.29, 1.82) is 0 Å². The molecule has 1 aromatic carbocycles. The van der Waals surface area contributed by atoms with Gasteiger partial charge in [0.05, 0.1) is 5.56 Å². The van der Waals surface area contributed by atoms with Gasteiger partial charge in [-0.25, -0.2) is 9.79 Å². The summed E-state index contributed by atoms with van der Waals surface area (Å²) in [6.07, 6.45) is -4.21. The fourth-order valence-corrected chi connectivity index (χ4v) is 2.23. The predicted octanol–water partition coefficient (Wildman–Crippen LogP) is 2.47. The van der Waals surface area contributed by atoms with Crippen molar-refractivity contribution in [3.05, 3.63) is 35.4 Å². The van der Waals surface area contributed by atoms with Crippen LogP contribution in [0.25, 0.3) is 0 Å². The molecule has 1 saturated carbocycles. The molecule has 1 aliphatic heterocycles. The van der Waals surface area contributed by atoms with E-state index >= 15 is 0 Å². The zero-order valence-corrected chi connectivity index (χ0v) is 10.1. The molecule has 0 radical (unpaired) electrons. The summed E-state index contributed by atoms with van der Waals surface area (Å²) < 4.78 is 42.7. The third kappa shape index (κ3) is 2.03. The zero-order chi connectivity index (χ0) is 14.5. The van der Waals surface area contributed by atoms with E-state index in [0.717, 1.165) is 12.1 Å². The van der Waals surface area contributed by atoms with Crippen LogP contribution in [-0.2, 0) is 15.7 Å². The Kier molecular flexibility index (Phi) is 2.57. The number of benzene rings is 1. The van der Waals surface area contributed by atoms with Gasteiger partial charge in [-0.15, -0.1) is 0 Å². The van der Waals surface area contributed by atoms with Gasteiger partial charge in [-0.05, 0) is 37.1 Å². The van der Waals surface area contributed by atoms with Crippen molar-refractivity contribution < 1.29 is 27.8 Å². The summed E-state index contributed by atoms with van der Waals surface area (Å²) in [5.74, 6) is -1.00. The summed E-state index contributed by atoms with van der Waals surface area (Å²) in [4.78, 5) is 15.3. The summed E-state index contributed by atoms with van der Waals surface area (Å²) in [6, 6.07) is 4.33. The topological polar surface area (TPSA) is 58.9 Å². The predicted molar refractivity (Wildman–Crippen MR) is 62.5 cm³/mol. The maximum absolute atomic E-state index is 12.5. The first-order chi connectivity index (χ1) is 9.32. The molecule has 1 heterocycles. The molecule has 1 spiro atoms. The minimum atomic E-state index is -4.40. The molecule has 1 atom stereocenters. The molecule has 7 heteroatoms. The molecule has 1 unspecified atom stereocenters. The maximum Gasteiger partial charge on any atom is 0.416 e. The van der Waals surface area contributed by atoms with E-state index in [1.165, 1.54) is 12.1 Å². The first-order valence-electron chi connectivity index (χ1n) is 5.99. The largest absolute Gasteiger partial charge is 0.478 e. The monoisotopic (exact) mass is 285 g/mol. The average molecular weight is 285 g/mol. The zero-order valence-electron chi connectivity index (χ0n) is 10.1. The van der Waals surface area contributed by atoms with E-state index in [4.69, 9.17) is 9.84 Å². The number of carboxylic acid groups (broad SMARTS) is 1. The molecule has 20 heavy (non-hydrogen) atoms. The van der Waals surface area contributed by atoms with Crippen LogP contribution in [0.5, 0.6) is 0 Å². The molecule has 1 aliphatic carbocycles. The molecule has 4 nitrogen and oxygen atoms in total. The number of aliphatic imine (C=N–C) groups is 1. The van der Waals surface area contributed by atoms with Crippen molar-refractivity contribution in [2.24, 2.45) is 4.99 Å². The lowest BCUT2D eigenvalue weighted by Gasteiger charge is -2.11. The molecule has 0 bridgehead atoms. The van der Waals surface area contributed by atoms with Gasteiger partial charge >= 0.3 is 12.1 Å². The number of rotatable bonds is 2. The van der Waals surface area contributed by atoms with Crippen molar-refractivity contribution in [3.8, 4) is 0 Å². The Hall–Kier alpha value is -2.05. The number of carboxylic acids is 1. The smallest absolute Gasteiger partial charge is 0.416 e. The van der Waals surface area contributed by atoms with E-state index in [-0.39, 0.29) is 5.90 Å². The molecule has 106 valence electrons. The lowest BCUT2D eigenvalue weighted by molar-refractivity contribution is -0.146. The molecule has 1 fully saturated rings. The summed E-state index contributed by atoms with van der Waals surface area (Å²) in [7, 11) is 0.